The Bertz CT molecular complexity index is 1190. The predicted molar refractivity (Wildman–Crippen MR) is 135 cm³/mol. The minimum absolute atomic E-state index is 0.00138. The van der Waals surface area contributed by atoms with Crippen molar-refractivity contribution >= 4 is 17.6 Å². The molecule has 36 heavy (non-hydrogen) atoms. The summed E-state index contributed by atoms with van der Waals surface area (Å²) in [4.78, 5) is 39.9. The second-order valence-electron chi connectivity index (χ2n) is 14.7. The number of fused-ring (bicyclic) bond motifs is 7. The van der Waals surface area contributed by atoms with Crippen LogP contribution in [0.15, 0.2) is 23.3 Å². The number of hydrogen-bond acceptors (Lipinski definition) is 4. The van der Waals surface area contributed by atoms with Gasteiger partial charge in [-0.3, -0.25) is 14.4 Å². The van der Waals surface area contributed by atoms with Crippen LogP contribution in [-0.4, -0.2) is 17.6 Å². The first-order chi connectivity index (χ1) is 16.5. The molecule has 0 bridgehead atoms. The molecule has 3 saturated carbocycles. The minimum atomic E-state index is -1.23. The first kappa shape index (κ1) is 25.6. The van der Waals surface area contributed by atoms with Gasteiger partial charge in [0, 0.05) is 16.7 Å². The molecule has 0 heterocycles. The average Bonchev–Trinajstić information content (AvgIpc) is 2.77. The summed E-state index contributed by atoms with van der Waals surface area (Å²) in [5.41, 5.74) is -1.95. The fourth-order valence-electron chi connectivity index (χ4n) is 9.98. The molecule has 194 valence electrons. The van der Waals surface area contributed by atoms with Crippen LogP contribution in [0.1, 0.15) is 93.4 Å². The number of carbonyl (C=O) groups excluding carboxylic acids is 3. The van der Waals surface area contributed by atoms with Crippen molar-refractivity contribution in [3.05, 3.63) is 23.3 Å². The normalized spacial score (nSPS) is 46.7. The number of halogens is 1. The Labute approximate surface area is 214 Å². The van der Waals surface area contributed by atoms with E-state index in [0.29, 0.717) is 25.7 Å². The second kappa shape index (κ2) is 7.27. The van der Waals surface area contributed by atoms with Crippen LogP contribution < -0.4 is 0 Å². The summed E-state index contributed by atoms with van der Waals surface area (Å²) in [6.07, 6.45) is 8.38. The molecule has 0 N–H and O–H groups in total. The molecule has 0 unspecified atom stereocenters. The van der Waals surface area contributed by atoms with E-state index in [0.717, 1.165) is 24.8 Å². The van der Waals surface area contributed by atoms with Crippen LogP contribution >= 0.6 is 0 Å². The van der Waals surface area contributed by atoms with Crippen molar-refractivity contribution in [1.82, 2.24) is 0 Å². The van der Waals surface area contributed by atoms with Gasteiger partial charge in [0.1, 0.15) is 6.07 Å². The summed E-state index contributed by atoms with van der Waals surface area (Å²) < 4.78 is 14.9. The molecule has 5 aliphatic rings. The third-order valence-electron chi connectivity index (χ3n) is 12.3. The summed E-state index contributed by atoms with van der Waals surface area (Å²) in [6, 6.07) is 0.903. The monoisotopic (exact) mass is 493 g/mol. The van der Waals surface area contributed by atoms with Gasteiger partial charge in [-0.25, -0.2) is 0 Å². The van der Waals surface area contributed by atoms with E-state index < -0.39 is 33.6 Å². The van der Waals surface area contributed by atoms with E-state index in [-0.39, 0.29) is 39.8 Å². The number of nitriles is 1. The van der Waals surface area contributed by atoms with Crippen molar-refractivity contribution in [2.75, 3.05) is 0 Å². The SMILES string of the molecule is CC1(C)CC[C@]2(C(=O)F)CC[C@]3(C)[C@H](C(=O)C=C4[C@@]5(C)C=C(C#N)C(=O)C(C)(C)[C@@H]5CC[C@]43C)[C@H]2C1. The van der Waals surface area contributed by atoms with Crippen molar-refractivity contribution in [3.8, 4) is 6.07 Å². The van der Waals surface area contributed by atoms with E-state index in [4.69, 9.17) is 0 Å². The van der Waals surface area contributed by atoms with Crippen molar-refractivity contribution in [3.63, 3.8) is 0 Å². The van der Waals surface area contributed by atoms with Crippen LogP contribution in [0.5, 0.6) is 0 Å². The molecule has 3 fully saturated rings. The quantitative estimate of drug-likeness (QED) is 0.381. The van der Waals surface area contributed by atoms with Gasteiger partial charge in [-0.05, 0) is 79.1 Å². The lowest BCUT2D eigenvalue weighted by molar-refractivity contribution is -0.183. The third kappa shape index (κ3) is 2.88. The van der Waals surface area contributed by atoms with Crippen molar-refractivity contribution < 1.29 is 18.8 Å². The van der Waals surface area contributed by atoms with Gasteiger partial charge in [0.2, 0.25) is 0 Å². The van der Waals surface area contributed by atoms with E-state index in [1.165, 1.54) is 0 Å². The molecule has 7 atom stereocenters. The lowest BCUT2D eigenvalue weighted by atomic mass is 9.34. The Balaban J connectivity index is 1.71. The van der Waals surface area contributed by atoms with E-state index in [1.807, 2.05) is 19.9 Å². The van der Waals surface area contributed by atoms with Gasteiger partial charge in [-0.1, -0.05) is 60.1 Å². The highest BCUT2D eigenvalue weighted by atomic mass is 19.1. The van der Waals surface area contributed by atoms with Crippen molar-refractivity contribution in [1.29, 1.82) is 5.26 Å². The molecule has 0 aromatic carbocycles. The summed E-state index contributed by atoms with van der Waals surface area (Å²) in [5, 5.41) is 9.81. The van der Waals surface area contributed by atoms with Gasteiger partial charge < -0.3 is 0 Å². The highest BCUT2D eigenvalue weighted by molar-refractivity contribution is 6.04. The number of hydrogen-bond donors (Lipinski definition) is 0. The first-order valence-corrected chi connectivity index (χ1v) is 13.6. The van der Waals surface area contributed by atoms with Crippen LogP contribution in [-0.2, 0) is 14.4 Å². The van der Waals surface area contributed by atoms with Gasteiger partial charge in [0.25, 0.3) is 0 Å². The summed E-state index contributed by atoms with van der Waals surface area (Å²) in [5.74, 6) is -0.833. The Kier molecular flexibility index (Phi) is 5.16. The van der Waals surface area contributed by atoms with E-state index in [9.17, 15) is 24.0 Å². The smallest absolute Gasteiger partial charge is 0.295 e. The van der Waals surface area contributed by atoms with Gasteiger partial charge in [-0.15, -0.1) is 0 Å². The molecule has 0 radical (unpaired) electrons. The lowest BCUT2D eigenvalue weighted by Crippen LogP contribution is -2.65. The van der Waals surface area contributed by atoms with Crippen LogP contribution in [0.3, 0.4) is 0 Å². The topological polar surface area (TPSA) is 75.0 Å². The zero-order valence-electron chi connectivity index (χ0n) is 22.9. The number of rotatable bonds is 1. The molecule has 0 aromatic rings. The first-order valence-electron chi connectivity index (χ1n) is 13.6. The van der Waals surface area contributed by atoms with Crippen LogP contribution in [0.2, 0.25) is 0 Å². The van der Waals surface area contributed by atoms with E-state index in [1.54, 1.807) is 6.08 Å². The molecule has 5 heteroatoms. The number of Topliss-reactive ketones (excluding diaryl/α,β-unsaturated/α-hetero) is 1. The second-order valence-corrected chi connectivity index (χ2v) is 14.7. The molecule has 5 rings (SSSR count). The van der Waals surface area contributed by atoms with E-state index in [2.05, 4.69) is 40.7 Å². The standard InChI is InChI=1S/C31H40FNO3/c1-26(2)10-12-31(25(32)36)13-11-30(7)23(19(31)16-26)20(34)14-22-28(5)15-18(17-33)24(35)27(3,4)21(28)8-9-29(22,30)6/h14-15,19,21,23H,8-13,16H2,1-7H3/t19-,21+,23+,28+,29-,30-,31+/m1/s1. The Morgan fingerprint density at radius 2 is 1.64 bits per heavy atom. The van der Waals surface area contributed by atoms with Crippen LogP contribution in [0, 0.1) is 61.6 Å². The molecule has 4 nitrogen and oxygen atoms in total. The summed E-state index contributed by atoms with van der Waals surface area (Å²) in [6.45, 7) is 14.8. The Morgan fingerprint density at radius 1 is 1.00 bits per heavy atom. The molecule has 0 spiro atoms. The van der Waals surface area contributed by atoms with Gasteiger partial charge >= 0.3 is 6.04 Å². The largest absolute Gasteiger partial charge is 0.307 e. The van der Waals surface area contributed by atoms with Crippen LogP contribution in [0.4, 0.5) is 4.39 Å². The summed E-state index contributed by atoms with van der Waals surface area (Å²) in [7, 11) is 0. The number of nitrogens with zero attached hydrogens (tertiary/aromatic N) is 1. The molecule has 5 aliphatic carbocycles. The maximum Gasteiger partial charge on any atom is 0.307 e. The zero-order valence-corrected chi connectivity index (χ0v) is 22.9. The number of carbonyl (C=O) groups is 3. The van der Waals surface area contributed by atoms with E-state index >= 15 is 0 Å². The fraction of sp³-hybridized carbons (Fsp3) is 0.742. The molecule has 0 aromatic heterocycles. The van der Waals surface area contributed by atoms with Crippen molar-refractivity contribution in [2.24, 2.45) is 50.2 Å². The lowest BCUT2D eigenvalue weighted by Gasteiger charge is -2.68. The van der Waals surface area contributed by atoms with Crippen molar-refractivity contribution in [2.45, 2.75) is 93.4 Å². The number of ketones is 2. The van der Waals surface area contributed by atoms with Gasteiger partial charge in [0.15, 0.2) is 11.6 Å². The Hall–Kier alpha value is -2.09. The number of allylic oxidation sites excluding steroid dienone is 4. The van der Waals surface area contributed by atoms with Gasteiger partial charge in [0.05, 0.1) is 11.0 Å². The highest BCUT2D eigenvalue weighted by Crippen LogP contribution is 2.74. The highest BCUT2D eigenvalue weighted by Gasteiger charge is 2.70. The molecular weight excluding hydrogens is 453 g/mol. The Morgan fingerprint density at radius 3 is 2.25 bits per heavy atom. The fourth-order valence-corrected chi connectivity index (χ4v) is 9.98. The predicted octanol–water partition coefficient (Wildman–Crippen LogP) is 6.70. The summed E-state index contributed by atoms with van der Waals surface area (Å²) >= 11 is 0. The molecular formula is C31H40FNO3. The average molecular weight is 494 g/mol. The maximum absolute atomic E-state index is 14.9. The molecule has 0 aliphatic heterocycles. The van der Waals surface area contributed by atoms with Crippen LogP contribution in [0.25, 0.3) is 0 Å². The maximum atomic E-state index is 14.9. The third-order valence-corrected chi connectivity index (χ3v) is 12.3. The minimum Gasteiger partial charge on any atom is -0.295 e. The van der Waals surface area contributed by atoms with Gasteiger partial charge in [-0.2, -0.15) is 9.65 Å². The molecule has 0 saturated heterocycles. The zero-order chi connectivity index (χ0) is 26.7. The molecule has 0 amide bonds.